The number of rotatable bonds is 5. The fourth-order valence-corrected chi connectivity index (χ4v) is 4.31. The Morgan fingerprint density at radius 2 is 1.97 bits per heavy atom. The number of aliphatic imine (C=N–C) groups is 1. The van der Waals surface area contributed by atoms with Gasteiger partial charge in [-0.1, -0.05) is 48.0 Å². The van der Waals surface area contributed by atoms with Crippen molar-refractivity contribution in [3.8, 4) is 11.5 Å². The third-order valence-corrected chi connectivity index (χ3v) is 5.66. The smallest absolute Gasteiger partial charge is 0.264 e. The van der Waals surface area contributed by atoms with Gasteiger partial charge in [-0.15, -0.1) is 0 Å². The van der Waals surface area contributed by atoms with Gasteiger partial charge < -0.3 is 14.8 Å². The first kappa shape index (κ1) is 20.3. The number of halogens is 1. The van der Waals surface area contributed by atoms with Gasteiger partial charge in [0.25, 0.3) is 5.91 Å². The first-order valence-electron chi connectivity index (χ1n) is 9.36. The number of amides is 1. The van der Waals surface area contributed by atoms with Gasteiger partial charge in [-0.3, -0.25) is 4.79 Å². The van der Waals surface area contributed by atoms with Gasteiger partial charge in [0, 0.05) is 5.39 Å². The molecule has 1 N–H and O–H groups in total. The number of benzene rings is 3. The highest BCUT2D eigenvalue weighted by Crippen LogP contribution is 2.38. The van der Waals surface area contributed by atoms with Crippen LogP contribution in [0.1, 0.15) is 12.5 Å². The van der Waals surface area contributed by atoms with Gasteiger partial charge in [0.2, 0.25) is 0 Å². The van der Waals surface area contributed by atoms with E-state index in [9.17, 15) is 4.79 Å². The van der Waals surface area contributed by atoms with Gasteiger partial charge in [-0.2, -0.15) is 0 Å². The molecule has 0 aromatic heterocycles. The third-order valence-electron chi connectivity index (χ3n) is 4.47. The second-order valence-electron chi connectivity index (χ2n) is 6.45. The van der Waals surface area contributed by atoms with E-state index in [1.54, 1.807) is 18.2 Å². The second kappa shape index (κ2) is 8.81. The third kappa shape index (κ3) is 4.15. The molecule has 1 heterocycles. The lowest BCUT2D eigenvalue weighted by molar-refractivity contribution is -0.115. The molecule has 152 valence electrons. The average molecular weight is 439 g/mol. The largest absolute Gasteiger partial charge is 0.491 e. The zero-order valence-electron chi connectivity index (χ0n) is 16.4. The van der Waals surface area contributed by atoms with E-state index in [-0.39, 0.29) is 5.91 Å². The van der Waals surface area contributed by atoms with Gasteiger partial charge in [0.05, 0.1) is 29.3 Å². The van der Waals surface area contributed by atoms with Crippen LogP contribution in [-0.2, 0) is 4.79 Å². The summed E-state index contributed by atoms with van der Waals surface area (Å²) < 4.78 is 10.9. The minimum Gasteiger partial charge on any atom is -0.491 e. The monoisotopic (exact) mass is 438 g/mol. The highest BCUT2D eigenvalue weighted by atomic mass is 35.5. The van der Waals surface area contributed by atoms with Crippen molar-refractivity contribution >= 4 is 57.0 Å². The summed E-state index contributed by atoms with van der Waals surface area (Å²) in [6.07, 6.45) is 1.76. The van der Waals surface area contributed by atoms with Crippen LogP contribution >= 0.6 is 23.4 Å². The van der Waals surface area contributed by atoms with Gasteiger partial charge in [-0.05, 0) is 53.9 Å². The number of nitrogens with one attached hydrogen (secondary N) is 1. The maximum atomic E-state index is 12.5. The van der Waals surface area contributed by atoms with Crippen LogP contribution in [0.15, 0.2) is 64.5 Å². The summed E-state index contributed by atoms with van der Waals surface area (Å²) in [5, 5.41) is 5.91. The SMILES string of the molecule is CCOc1cc(/C=C2/SC(=Nc3cccc4ccccc34)NC2=O)cc(Cl)c1OC. The number of carbonyl (C=O) groups is 1. The normalized spacial score (nSPS) is 16.3. The number of ether oxygens (including phenoxy) is 2. The molecular weight excluding hydrogens is 420 g/mol. The zero-order chi connectivity index (χ0) is 21.1. The molecule has 1 fully saturated rings. The van der Waals surface area contributed by atoms with Crippen LogP contribution in [0.5, 0.6) is 11.5 Å². The molecule has 0 atom stereocenters. The standard InChI is InChI=1S/C23H19ClN2O3S/c1-3-29-19-12-14(11-17(24)21(19)28-2)13-20-22(27)26-23(30-20)25-18-10-6-8-15-7-4-5-9-16(15)18/h4-13H,3H2,1-2H3,(H,25,26,27)/b20-13+. The molecule has 0 aliphatic carbocycles. The van der Waals surface area contributed by atoms with E-state index < -0.39 is 0 Å². The minimum absolute atomic E-state index is 0.205. The number of carbonyl (C=O) groups excluding carboxylic acids is 1. The highest BCUT2D eigenvalue weighted by molar-refractivity contribution is 8.18. The lowest BCUT2D eigenvalue weighted by atomic mass is 10.1. The molecule has 3 aromatic carbocycles. The van der Waals surface area contributed by atoms with E-state index in [1.165, 1.54) is 18.9 Å². The summed E-state index contributed by atoms with van der Waals surface area (Å²) in [6, 6.07) is 17.5. The summed E-state index contributed by atoms with van der Waals surface area (Å²) in [7, 11) is 1.54. The molecule has 0 saturated carbocycles. The molecule has 30 heavy (non-hydrogen) atoms. The van der Waals surface area contributed by atoms with Crippen LogP contribution in [0.25, 0.3) is 16.8 Å². The van der Waals surface area contributed by atoms with Gasteiger partial charge >= 0.3 is 0 Å². The van der Waals surface area contributed by atoms with Crippen molar-refractivity contribution in [1.82, 2.24) is 5.32 Å². The van der Waals surface area contributed by atoms with Crippen molar-refractivity contribution in [2.45, 2.75) is 6.92 Å². The minimum atomic E-state index is -0.205. The van der Waals surface area contributed by atoms with E-state index in [2.05, 4.69) is 10.3 Å². The first-order valence-corrected chi connectivity index (χ1v) is 10.6. The molecule has 1 amide bonds. The zero-order valence-corrected chi connectivity index (χ0v) is 18.0. The van der Waals surface area contributed by atoms with E-state index in [1.807, 2.05) is 49.4 Å². The van der Waals surface area contributed by atoms with Crippen LogP contribution < -0.4 is 14.8 Å². The predicted molar refractivity (Wildman–Crippen MR) is 124 cm³/mol. The van der Waals surface area contributed by atoms with Crippen LogP contribution in [-0.4, -0.2) is 24.8 Å². The number of methoxy groups -OCH3 is 1. The van der Waals surface area contributed by atoms with E-state index in [4.69, 9.17) is 21.1 Å². The Labute approximate surface area is 183 Å². The molecular formula is C23H19ClN2O3S. The maximum absolute atomic E-state index is 12.5. The summed E-state index contributed by atoms with van der Waals surface area (Å²) in [4.78, 5) is 17.7. The number of hydrogen-bond donors (Lipinski definition) is 1. The van der Waals surface area contributed by atoms with Gasteiger partial charge in [0.15, 0.2) is 16.7 Å². The lowest BCUT2D eigenvalue weighted by Crippen LogP contribution is -2.19. The van der Waals surface area contributed by atoms with Gasteiger partial charge in [-0.25, -0.2) is 4.99 Å². The summed E-state index contributed by atoms with van der Waals surface area (Å²) in [6.45, 7) is 2.36. The van der Waals surface area contributed by atoms with Crippen molar-refractivity contribution in [3.63, 3.8) is 0 Å². The first-order chi connectivity index (χ1) is 14.6. The number of hydrogen-bond acceptors (Lipinski definition) is 5. The predicted octanol–water partition coefficient (Wildman–Crippen LogP) is 5.79. The molecule has 5 nitrogen and oxygen atoms in total. The second-order valence-corrected chi connectivity index (χ2v) is 7.88. The van der Waals surface area contributed by atoms with Crippen molar-refractivity contribution < 1.29 is 14.3 Å². The molecule has 3 aromatic rings. The Morgan fingerprint density at radius 3 is 2.77 bits per heavy atom. The van der Waals surface area contributed by atoms with Crippen molar-refractivity contribution in [2.24, 2.45) is 4.99 Å². The summed E-state index contributed by atoms with van der Waals surface area (Å²) in [5.74, 6) is 0.804. The van der Waals surface area contributed by atoms with Crippen LogP contribution in [0.2, 0.25) is 5.02 Å². The van der Waals surface area contributed by atoms with Crippen LogP contribution in [0.3, 0.4) is 0 Å². The fraction of sp³-hybridized carbons (Fsp3) is 0.130. The lowest BCUT2D eigenvalue weighted by Gasteiger charge is -2.11. The Balaban J connectivity index is 1.65. The van der Waals surface area contributed by atoms with E-state index >= 15 is 0 Å². The maximum Gasteiger partial charge on any atom is 0.264 e. The number of fused-ring (bicyclic) bond motifs is 1. The molecule has 7 heteroatoms. The van der Waals surface area contributed by atoms with Crippen LogP contribution in [0.4, 0.5) is 5.69 Å². The topological polar surface area (TPSA) is 59.9 Å². The molecule has 0 spiro atoms. The quantitative estimate of drug-likeness (QED) is 0.512. The summed E-state index contributed by atoms with van der Waals surface area (Å²) >= 11 is 7.61. The number of amidine groups is 1. The Bertz CT molecular complexity index is 1190. The highest BCUT2D eigenvalue weighted by Gasteiger charge is 2.24. The molecule has 1 aliphatic heterocycles. The molecule has 1 aliphatic rings. The Morgan fingerprint density at radius 1 is 1.17 bits per heavy atom. The molecule has 4 rings (SSSR count). The molecule has 0 unspecified atom stereocenters. The molecule has 0 radical (unpaired) electrons. The Hall–Kier alpha value is -2.96. The Kier molecular flexibility index (Phi) is 5.97. The van der Waals surface area contributed by atoms with E-state index in [0.717, 1.165) is 22.0 Å². The number of nitrogens with zero attached hydrogens (tertiary/aromatic N) is 1. The molecule has 0 bridgehead atoms. The van der Waals surface area contributed by atoms with E-state index in [0.29, 0.717) is 33.2 Å². The van der Waals surface area contributed by atoms with Crippen molar-refractivity contribution in [3.05, 3.63) is 70.1 Å². The summed E-state index contributed by atoms with van der Waals surface area (Å²) in [5.41, 5.74) is 1.55. The van der Waals surface area contributed by atoms with Crippen molar-refractivity contribution in [1.29, 1.82) is 0 Å². The van der Waals surface area contributed by atoms with Crippen LogP contribution in [0, 0.1) is 0 Å². The van der Waals surface area contributed by atoms with Crippen molar-refractivity contribution in [2.75, 3.05) is 13.7 Å². The molecule has 1 saturated heterocycles. The van der Waals surface area contributed by atoms with Gasteiger partial charge in [0.1, 0.15) is 0 Å². The fourth-order valence-electron chi connectivity index (χ4n) is 3.18. The average Bonchev–Trinajstić information content (AvgIpc) is 3.07. The number of thioether (sulfide) groups is 1.